The number of para-hydroxylation sites is 1. The standard InChI is InChI=1S/C14H13NO2S/c1-10-11(6-8-17-10)14(16)15-7-9-18-13-5-3-2-4-12(13)15/h2-6,8H,7,9H2,1H3. The summed E-state index contributed by atoms with van der Waals surface area (Å²) < 4.78 is 5.21. The number of furan rings is 1. The molecule has 4 heteroatoms. The number of carbonyl (C=O) groups excluding carboxylic acids is 1. The van der Waals surface area contributed by atoms with Crippen LogP contribution in [0.5, 0.6) is 0 Å². The van der Waals surface area contributed by atoms with E-state index in [2.05, 4.69) is 6.07 Å². The number of nitrogens with zero attached hydrogens (tertiary/aromatic N) is 1. The second kappa shape index (κ2) is 4.53. The summed E-state index contributed by atoms with van der Waals surface area (Å²) in [5.74, 6) is 1.63. The molecule has 0 spiro atoms. The van der Waals surface area contributed by atoms with E-state index in [4.69, 9.17) is 4.42 Å². The Bertz CT molecular complexity index is 591. The van der Waals surface area contributed by atoms with Gasteiger partial charge in [0, 0.05) is 17.2 Å². The average molecular weight is 259 g/mol. The van der Waals surface area contributed by atoms with Gasteiger partial charge in [0.1, 0.15) is 5.76 Å². The fourth-order valence-electron chi connectivity index (χ4n) is 2.13. The maximum absolute atomic E-state index is 12.5. The van der Waals surface area contributed by atoms with E-state index in [0.717, 1.165) is 18.0 Å². The molecule has 1 aliphatic heterocycles. The number of carbonyl (C=O) groups is 1. The summed E-state index contributed by atoms with van der Waals surface area (Å²) in [6.45, 7) is 2.56. The maximum Gasteiger partial charge on any atom is 0.261 e. The fraction of sp³-hybridized carbons (Fsp3) is 0.214. The van der Waals surface area contributed by atoms with E-state index >= 15 is 0 Å². The number of amides is 1. The quantitative estimate of drug-likeness (QED) is 0.787. The third-order valence-corrected chi connectivity index (χ3v) is 4.11. The molecule has 1 aromatic carbocycles. The van der Waals surface area contributed by atoms with Gasteiger partial charge in [-0.3, -0.25) is 4.79 Å². The van der Waals surface area contributed by atoms with Crippen LogP contribution in [-0.4, -0.2) is 18.2 Å². The van der Waals surface area contributed by atoms with E-state index < -0.39 is 0 Å². The molecule has 3 rings (SSSR count). The molecular formula is C14H13NO2S. The first-order valence-electron chi connectivity index (χ1n) is 5.85. The minimum atomic E-state index is 0.0222. The van der Waals surface area contributed by atoms with E-state index in [9.17, 15) is 4.79 Å². The highest BCUT2D eigenvalue weighted by Crippen LogP contribution is 2.35. The predicted molar refractivity (Wildman–Crippen MR) is 72.3 cm³/mol. The SMILES string of the molecule is Cc1occc1C(=O)N1CCSc2ccccc21. The van der Waals surface area contributed by atoms with Crippen molar-refractivity contribution in [2.75, 3.05) is 17.2 Å². The molecule has 0 fully saturated rings. The second-order valence-corrected chi connectivity index (χ2v) is 5.30. The van der Waals surface area contributed by atoms with Gasteiger partial charge in [-0.05, 0) is 25.1 Å². The predicted octanol–water partition coefficient (Wildman–Crippen LogP) is 3.34. The molecule has 0 saturated carbocycles. The Hall–Kier alpha value is -1.68. The molecule has 0 unspecified atom stereocenters. The largest absolute Gasteiger partial charge is 0.469 e. The maximum atomic E-state index is 12.5. The minimum Gasteiger partial charge on any atom is -0.469 e. The van der Waals surface area contributed by atoms with Gasteiger partial charge in [-0.25, -0.2) is 0 Å². The number of hydrogen-bond donors (Lipinski definition) is 0. The molecular weight excluding hydrogens is 246 g/mol. The Morgan fingerprint density at radius 2 is 2.17 bits per heavy atom. The van der Waals surface area contributed by atoms with Crippen LogP contribution < -0.4 is 4.90 Å². The van der Waals surface area contributed by atoms with Gasteiger partial charge in [0.25, 0.3) is 5.91 Å². The number of benzene rings is 1. The van der Waals surface area contributed by atoms with Crippen LogP contribution in [0.25, 0.3) is 0 Å². The number of rotatable bonds is 1. The van der Waals surface area contributed by atoms with Crippen LogP contribution in [0.3, 0.4) is 0 Å². The van der Waals surface area contributed by atoms with E-state index in [1.165, 1.54) is 4.90 Å². The van der Waals surface area contributed by atoms with Gasteiger partial charge < -0.3 is 9.32 Å². The molecule has 0 atom stereocenters. The highest BCUT2D eigenvalue weighted by molar-refractivity contribution is 7.99. The molecule has 1 aliphatic rings. The molecule has 92 valence electrons. The summed E-state index contributed by atoms with van der Waals surface area (Å²) in [7, 11) is 0. The van der Waals surface area contributed by atoms with Crippen molar-refractivity contribution in [2.45, 2.75) is 11.8 Å². The molecule has 0 saturated heterocycles. The second-order valence-electron chi connectivity index (χ2n) is 4.16. The number of hydrogen-bond acceptors (Lipinski definition) is 3. The van der Waals surface area contributed by atoms with E-state index in [0.29, 0.717) is 11.3 Å². The summed E-state index contributed by atoms with van der Waals surface area (Å²) in [5, 5.41) is 0. The van der Waals surface area contributed by atoms with Crippen molar-refractivity contribution in [3.05, 3.63) is 47.9 Å². The first kappa shape index (κ1) is 11.4. The number of anilines is 1. The lowest BCUT2D eigenvalue weighted by atomic mass is 10.2. The average Bonchev–Trinajstić information content (AvgIpc) is 2.83. The van der Waals surface area contributed by atoms with E-state index in [1.54, 1.807) is 24.1 Å². The van der Waals surface area contributed by atoms with Crippen LogP contribution >= 0.6 is 11.8 Å². The van der Waals surface area contributed by atoms with Gasteiger partial charge in [0.15, 0.2) is 0 Å². The van der Waals surface area contributed by atoms with Gasteiger partial charge >= 0.3 is 0 Å². The third kappa shape index (κ3) is 1.82. The topological polar surface area (TPSA) is 33.5 Å². The summed E-state index contributed by atoms with van der Waals surface area (Å²) in [6.07, 6.45) is 1.56. The van der Waals surface area contributed by atoms with Crippen LogP contribution in [0.2, 0.25) is 0 Å². The van der Waals surface area contributed by atoms with Crippen molar-refractivity contribution < 1.29 is 9.21 Å². The van der Waals surface area contributed by atoms with Crippen LogP contribution in [0.4, 0.5) is 5.69 Å². The first-order chi connectivity index (χ1) is 8.77. The first-order valence-corrected chi connectivity index (χ1v) is 6.84. The monoisotopic (exact) mass is 259 g/mol. The molecule has 0 aliphatic carbocycles. The zero-order valence-corrected chi connectivity index (χ0v) is 10.9. The molecule has 18 heavy (non-hydrogen) atoms. The van der Waals surface area contributed by atoms with Crippen molar-refractivity contribution in [1.29, 1.82) is 0 Å². The molecule has 3 nitrogen and oxygen atoms in total. The van der Waals surface area contributed by atoms with Crippen LogP contribution in [-0.2, 0) is 0 Å². The van der Waals surface area contributed by atoms with Gasteiger partial charge in [0.2, 0.25) is 0 Å². The van der Waals surface area contributed by atoms with Crippen molar-refractivity contribution >= 4 is 23.4 Å². The highest BCUT2D eigenvalue weighted by atomic mass is 32.2. The molecule has 0 N–H and O–H groups in total. The summed E-state index contributed by atoms with van der Waals surface area (Å²) in [6, 6.07) is 9.76. The Morgan fingerprint density at radius 3 is 2.94 bits per heavy atom. The molecule has 0 radical (unpaired) electrons. The van der Waals surface area contributed by atoms with Crippen LogP contribution in [0.1, 0.15) is 16.1 Å². The summed E-state index contributed by atoms with van der Waals surface area (Å²) >= 11 is 1.79. The smallest absolute Gasteiger partial charge is 0.261 e. The number of fused-ring (bicyclic) bond motifs is 1. The van der Waals surface area contributed by atoms with Gasteiger partial charge in [0.05, 0.1) is 17.5 Å². The minimum absolute atomic E-state index is 0.0222. The van der Waals surface area contributed by atoms with Gasteiger partial charge in [-0.15, -0.1) is 11.8 Å². The Balaban J connectivity index is 2.00. The van der Waals surface area contributed by atoms with Crippen LogP contribution in [0, 0.1) is 6.92 Å². The number of aryl methyl sites for hydroxylation is 1. The summed E-state index contributed by atoms with van der Waals surface area (Å²) in [4.78, 5) is 15.5. The molecule has 0 bridgehead atoms. The summed E-state index contributed by atoms with van der Waals surface area (Å²) in [5.41, 5.74) is 1.65. The lowest BCUT2D eigenvalue weighted by Crippen LogP contribution is -2.35. The van der Waals surface area contributed by atoms with Crippen molar-refractivity contribution in [1.82, 2.24) is 0 Å². The van der Waals surface area contributed by atoms with Crippen molar-refractivity contribution in [3.8, 4) is 0 Å². The molecule has 1 amide bonds. The highest BCUT2D eigenvalue weighted by Gasteiger charge is 2.25. The normalized spacial score (nSPS) is 14.4. The van der Waals surface area contributed by atoms with Gasteiger partial charge in [-0.1, -0.05) is 12.1 Å². The Morgan fingerprint density at radius 1 is 1.33 bits per heavy atom. The zero-order valence-electron chi connectivity index (χ0n) is 10.1. The fourth-order valence-corrected chi connectivity index (χ4v) is 3.13. The van der Waals surface area contributed by atoms with E-state index in [-0.39, 0.29) is 5.91 Å². The molecule has 1 aromatic heterocycles. The van der Waals surface area contributed by atoms with E-state index in [1.807, 2.05) is 30.0 Å². The molecule has 2 aromatic rings. The lowest BCUT2D eigenvalue weighted by molar-refractivity contribution is 0.0986. The third-order valence-electron chi connectivity index (χ3n) is 3.06. The molecule has 2 heterocycles. The number of thioether (sulfide) groups is 1. The lowest BCUT2D eigenvalue weighted by Gasteiger charge is -2.28. The van der Waals surface area contributed by atoms with Gasteiger partial charge in [-0.2, -0.15) is 0 Å². The Labute approximate surface area is 110 Å². The zero-order chi connectivity index (χ0) is 12.5. The van der Waals surface area contributed by atoms with Crippen molar-refractivity contribution in [2.24, 2.45) is 0 Å². The van der Waals surface area contributed by atoms with Crippen LogP contribution in [0.15, 0.2) is 45.9 Å². The Kier molecular flexibility index (Phi) is 2.88. The van der Waals surface area contributed by atoms with Crippen molar-refractivity contribution in [3.63, 3.8) is 0 Å².